The van der Waals surface area contributed by atoms with Gasteiger partial charge in [0.2, 0.25) is 5.91 Å². The van der Waals surface area contributed by atoms with E-state index in [1.54, 1.807) is 46.8 Å². The fourth-order valence-electron chi connectivity index (χ4n) is 3.14. The normalized spacial score (nSPS) is 12.5. The van der Waals surface area contributed by atoms with E-state index in [-0.39, 0.29) is 19.6 Å². The second kappa shape index (κ2) is 13.3. The zero-order valence-electron chi connectivity index (χ0n) is 21.1. The molecule has 0 aliphatic rings. The third-order valence-electron chi connectivity index (χ3n) is 4.72. The van der Waals surface area contributed by atoms with Crippen LogP contribution < -0.4 is 10.6 Å². The monoisotopic (exact) mass is 489 g/mol. The van der Waals surface area contributed by atoms with Crippen molar-refractivity contribution in [2.45, 2.75) is 65.6 Å². The molecule has 1 rings (SSSR count). The van der Waals surface area contributed by atoms with E-state index in [0.29, 0.717) is 11.1 Å². The summed E-state index contributed by atoms with van der Waals surface area (Å²) in [5, 5.41) is 14.7. The SMILES string of the molecule is C#CN(C(=O)C(CO)NC(=O)OC(C)(C)C)C(C(=O)NCCC(=O)OCC)c1cc(C)ccc1C. The van der Waals surface area contributed by atoms with Gasteiger partial charge < -0.3 is 25.2 Å². The third-order valence-corrected chi connectivity index (χ3v) is 4.72. The summed E-state index contributed by atoms with van der Waals surface area (Å²) in [5.74, 6) is -2.00. The first-order valence-corrected chi connectivity index (χ1v) is 11.2. The Kier molecular flexibility index (Phi) is 11.2. The van der Waals surface area contributed by atoms with Gasteiger partial charge in [-0.25, -0.2) is 4.79 Å². The minimum atomic E-state index is -1.46. The Morgan fingerprint density at radius 3 is 2.40 bits per heavy atom. The molecule has 0 bridgehead atoms. The summed E-state index contributed by atoms with van der Waals surface area (Å²) < 4.78 is 10.0. The molecule has 192 valence electrons. The molecule has 0 spiro atoms. The fourth-order valence-corrected chi connectivity index (χ4v) is 3.14. The van der Waals surface area contributed by atoms with Crippen LogP contribution in [-0.2, 0) is 23.9 Å². The third kappa shape index (κ3) is 9.29. The number of alkyl carbamates (subject to hydrolysis) is 1. The van der Waals surface area contributed by atoms with Crippen molar-refractivity contribution in [1.82, 2.24) is 15.5 Å². The standard InChI is InChI=1S/C25H35N3O7/c1-8-28(23(32)19(15-29)27-24(33)35-25(5,6)7)21(18-14-16(3)10-11-17(18)4)22(31)26-13-12-20(30)34-9-2/h1,10-11,14,19,21,29H,9,12-13,15H2,2-7H3,(H,26,31)(H,27,33). The highest BCUT2D eigenvalue weighted by Gasteiger charge is 2.36. The highest BCUT2D eigenvalue weighted by Crippen LogP contribution is 2.26. The lowest BCUT2D eigenvalue weighted by atomic mass is 9.96. The van der Waals surface area contributed by atoms with Crippen molar-refractivity contribution in [3.63, 3.8) is 0 Å². The Morgan fingerprint density at radius 2 is 1.86 bits per heavy atom. The maximum Gasteiger partial charge on any atom is 0.408 e. The molecule has 0 saturated heterocycles. The molecule has 3 amide bonds. The topological polar surface area (TPSA) is 134 Å². The molecule has 0 fully saturated rings. The number of nitrogens with zero attached hydrogens (tertiary/aromatic N) is 1. The minimum absolute atomic E-state index is 0.0365. The molecule has 1 aromatic carbocycles. The first-order chi connectivity index (χ1) is 16.3. The number of benzene rings is 1. The molecule has 0 saturated carbocycles. The summed E-state index contributed by atoms with van der Waals surface area (Å²) in [6.07, 6.45) is 4.66. The van der Waals surface area contributed by atoms with E-state index >= 15 is 0 Å². The Balaban J connectivity index is 3.27. The molecule has 0 aliphatic heterocycles. The van der Waals surface area contributed by atoms with Gasteiger partial charge in [0.15, 0.2) is 0 Å². The number of amides is 3. The summed E-state index contributed by atoms with van der Waals surface area (Å²) in [6, 6.07) is 4.81. The molecule has 10 nitrogen and oxygen atoms in total. The van der Waals surface area contributed by atoms with Crippen LogP contribution >= 0.6 is 0 Å². The summed E-state index contributed by atoms with van der Waals surface area (Å²) >= 11 is 0. The Bertz CT molecular complexity index is 963. The number of rotatable bonds is 10. The molecule has 3 N–H and O–H groups in total. The molecule has 0 aromatic heterocycles. The van der Waals surface area contributed by atoms with Crippen LogP contribution in [0, 0.1) is 26.3 Å². The van der Waals surface area contributed by atoms with Gasteiger partial charge in [0, 0.05) is 12.6 Å². The van der Waals surface area contributed by atoms with E-state index in [9.17, 15) is 24.3 Å². The number of aliphatic hydroxyl groups is 1. The lowest BCUT2D eigenvalue weighted by Gasteiger charge is -2.30. The van der Waals surface area contributed by atoms with Crippen LogP contribution in [0.1, 0.15) is 56.8 Å². The van der Waals surface area contributed by atoms with Crippen LogP contribution in [0.15, 0.2) is 18.2 Å². The molecule has 1 aromatic rings. The first kappa shape index (κ1) is 29.5. The van der Waals surface area contributed by atoms with Gasteiger partial charge in [-0.1, -0.05) is 30.2 Å². The highest BCUT2D eigenvalue weighted by molar-refractivity contribution is 5.93. The number of hydrogen-bond acceptors (Lipinski definition) is 7. The van der Waals surface area contributed by atoms with E-state index in [2.05, 4.69) is 16.7 Å². The molecule has 2 unspecified atom stereocenters. The number of carbonyl (C=O) groups excluding carboxylic acids is 4. The van der Waals surface area contributed by atoms with E-state index in [0.717, 1.165) is 10.5 Å². The largest absolute Gasteiger partial charge is 0.466 e. The van der Waals surface area contributed by atoms with E-state index in [4.69, 9.17) is 15.9 Å². The second-order valence-corrected chi connectivity index (χ2v) is 8.83. The molecule has 2 atom stereocenters. The van der Waals surface area contributed by atoms with Crippen molar-refractivity contribution < 1.29 is 33.8 Å². The number of hydrogen-bond donors (Lipinski definition) is 3. The molecule has 0 aliphatic carbocycles. The van der Waals surface area contributed by atoms with Crippen LogP contribution in [0.2, 0.25) is 0 Å². The number of esters is 1. The lowest BCUT2D eigenvalue weighted by Crippen LogP contribution is -2.53. The summed E-state index contributed by atoms with van der Waals surface area (Å²) in [6.45, 7) is 9.59. The van der Waals surface area contributed by atoms with Gasteiger partial charge in [-0.3, -0.25) is 19.3 Å². The van der Waals surface area contributed by atoms with Crippen LogP contribution in [0.25, 0.3) is 0 Å². The number of carbonyl (C=O) groups is 4. The van der Waals surface area contributed by atoms with Crippen molar-refractivity contribution in [1.29, 1.82) is 0 Å². The quantitative estimate of drug-likeness (QED) is 0.259. The lowest BCUT2D eigenvalue weighted by molar-refractivity contribution is -0.143. The predicted molar refractivity (Wildman–Crippen MR) is 129 cm³/mol. The molecule has 0 heterocycles. The van der Waals surface area contributed by atoms with Gasteiger partial charge >= 0.3 is 12.1 Å². The average Bonchev–Trinajstić information content (AvgIpc) is 2.76. The van der Waals surface area contributed by atoms with E-state index in [1.807, 2.05) is 13.0 Å². The van der Waals surface area contributed by atoms with Crippen molar-refractivity contribution >= 4 is 23.9 Å². The number of terminal acetylenes is 1. The number of ether oxygens (including phenoxy) is 2. The van der Waals surface area contributed by atoms with Gasteiger partial charge in [-0.2, -0.15) is 0 Å². The van der Waals surface area contributed by atoms with Crippen LogP contribution in [0.3, 0.4) is 0 Å². The fraction of sp³-hybridized carbons (Fsp3) is 0.520. The molecular formula is C25H35N3O7. The zero-order valence-corrected chi connectivity index (χ0v) is 21.1. The second-order valence-electron chi connectivity index (χ2n) is 8.83. The maximum atomic E-state index is 13.3. The van der Waals surface area contributed by atoms with E-state index < -0.39 is 48.2 Å². The minimum Gasteiger partial charge on any atom is -0.466 e. The van der Waals surface area contributed by atoms with Gasteiger partial charge in [-0.15, -0.1) is 0 Å². The van der Waals surface area contributed by atoms with Crippen LogP contribution in [-0.4, -0.2) is 65.3 Å². The number of nitrogens with one attached hydrogen (secondary N) is 2. The summed E-state index contributed by atoms with van der Waals surface area (Å²) in [4.78, 5) is 51.2. The van der Waals surface area contributed by atoms with Crippen molar-refractivity contribution in [3.05, 3.63) is 34.9 Å². The molecule has 0 radical (unpaired) electrons. The molecular weight excluding hydrogens is 454 g/mol. The number of aryl methyl sites for hydroxylation is 2. The summed E-state index contributed by atoms with van der Waals surface area (Å²) in [5.41, 5.74) is 1.14. The Morgan fingerprint density at radius 1 is 1.20 bits per heavy atom. The summed E-state index contributed by atoms with van der Waals surface area (Å²) in [7, 11) is 0. The van der Waals surface area contributed by atoms with Gasteiger partial charge in [0.1, 0.15) is 17.7 Å². The Labute approximate surface area is 206 Å². The van der Waals surface area contributed by atoms with Crippen LogP contribution in [0.5, 0.6) is 0 Å². The molecule has 35 heavy (non-hydrogen) atoms. The molecule has 10 heteroatoms. The van der Waals surface area contributed by atoms with E-state index in [1.165, 1.54) is 0 Å². The van der Waals surface area contributed by atoms with Crippen LogP contribution in [0.4, 0.5) is 4.79 Å². The average molecular weight is 490 g/mol. The first-order valence-electron chi connectivity index (χ1n) is 11.2. The Hall–Kier alpha value is -3.58. The van der Waals surface area contributed by atoms with Gasteiger partial charge in [-0.05, 0) is 52.7 Å². The van der Waals surface area contributed by atoms with Gasteiger partial charge in [0.05, 0.1) is 19.6 Å². The predicted octanol–water partition coefficient (Wildman–Crippen LogP) is 1.72. The van der Waals surface area contributed by atoms with Crippen molar-refractivity contribution in [3.8, 4) is 12.5 Å². The number of aliphatic hydroxyl groups excluding tert-OH is 1. The van der Waals surface area contributed by atoms with Gasteiger partial charge in [0.25, 0.3) is 5.91 Å². The maximum absolute atomic E-state index is 13.3. The smallest absolute Gasteiger partial charge is 0.408 e. The highest BCUT2D eigenvalue weighted by atomic mass is 16.6. The van der Waals surface area contributed by atoms with Crippen molar-refractivity contribution in [2.24, 2.45) is 0 Å². The zero-order chi connectivity index (χ0) is 26.8. The van der Waals surface area contributed by atoms with Crippen molar-refractivity contribution in [2.75, 3.05) is 19.8 Å².